The van der Waals surface area contributed by atoms with Gasteiger partial charge in [0.05, 0.1) is 6.42 Å². The van der Waals surface area contributed by atoms with E-state index in [0.717, 1.165) is 21.7 Å². The summed E-state index contributed by atoms with van der Waals surface area (Å²) in [6.45, 7) is 1.91. The Kier molecular flexibility index (Phi) is 7.70. The van der Waals surface area contributed by atoms with Crippen molar-refractivity contribution >= 4 is 46.5 Å². The van der Waals surface area contributed by atoms with Crippen LogP contribution in [0.3, 0.4) is 0 Å². The van der Waals surface area contributed by atoms with Gasteiger partial charge in [-0.15, -0.1) is 0 Å². The lowest BCUT2D eigenvalue weighted by Crippen LogP contribution is -2.17. The van der Waals surface area contributed by atoms with Crippen molar-refractivity contribution in [3.8, 4) is 0 Å². The second-order valence-electron chi connectivity index (χ2n) is 8.00. The van der Waals surface area contributed by atoms with Gasteiger partial charge in [-0.3, -0.25) is 9.59 Å². The highest BCUT2D eigenvalue weighted by Crippen LogP contribution is 2.23. The summed E-state index contributed by atoms with van der Waals surface area (Å²) in [5.74, 6) is -0.455. The maximum atomic E-state index is 12.8. The monoisotopic (exact) mass is 482 g/mol. The standard InChI is InChI=1S/C28H26N4O2S/c1-19-7-5-8-20(27(19)29)18-26(33)30-24-12-6-9-21(17-24)28(34)31-22-13-15-25(16-14-22)35-32-23-10-3-2-4-11-23/h2-17,32H,18,29H2,1H3,(H,30,33)(H,31,34). The molecule has 6 nitrogen and oxygen atoms in total. The van der Waals surface area contributed by atoms with Gasteiger partial charge in [-0.05, 0) is 84.6 Å². The summed E-state index contributed by atoms with van der Waals surface area (Å²) in [5, 5.41) is 5.74. The highest BCUT2D eigenvalue weighted by molar-refractivity contribution is 8.00. The molecule has 0 saturated carbocycles. The summed E-state index contributed by atoms with van der Waals surface area (Å²) in [7, 11) is 0. The number of hydrogen-bond donors (Lipinski definition) is 4. The molecule has 35 heavy (non-hydrogen) atoms. The summed E-state index contributed by atoms with van der Waals surface area (Å²) >= 11 is 1.50. The summed E-state index contributed by atoms with van der Waals surface area (Å²) in [5.41, 5.74) is 11.1. The first kappa shape index (κ1) is 23.9. The Morgan fingerprint density at radius 2 is 1.49 bits per heavy atom. The predicted molar refractivity (Wildman–Crippen MR) is 145 cm³/mol. The van der Waals surface area contributed by atoms with Gasteiger partial charge >= 0.3 is 0 Å². The molecule has 0 aliphatic rings. The van der Waals surface area contributed by atoms with Crippen LogP contribution in [-0.4, -0.2) is 11.8 Å². The van der Waals surface area contributed by atoms with E-state index >= 15 is 0 Å². The molecule has 0 bridgehead atoms. The van der Waals surface area contributed by atoms with Gasteiger partial charge in [-0.25, -0.2) is 0 Å². The van der Waals surface area contributed by atoms with Gasteiger partial charge < -0.3 is 21.1 Å². The fourth-order valence-corrected chi connectivity index (χ4v) is 4.09. The Morgan fingerprint density at radius 3 is 2.26 bits per heavy atom. The second kappa shape index (κ2) is 11.3. The van der Waals surface area contributed by atoms with Gasteiger partial charge in [-0.1, -0.05) is 42.5 Å². The van der Waals surface area contributed by atoms with Gasteiger partial charge in [0, 0.05) is 33.2 Å². The minimum absolute atomic E-state index is 0.160. The van der Waals surface area contributed by atoms with Crippen molar-refractivity contribution in [2.75, 3.05) is 21.1 Å². The van der Waals surface area contributed by atoms with Crippen LogP contribution in [0.15, 0.2) is 102 Å². The average molecular weight is 483 g/mol. The van der Waals surface area contributed by atoms with Crippen LogP contribution in [0.1, 0.15) is 21.5 Å². The third-order valence-electron chi connectivity index (χ3n) is 5.35. The van der Waals surface area contributed by atoms with Crippen molar-refractivity contribution in [3.05, 3.63) is 114 Å². The molecule has 176 valence electrons. The lowest BCUT2D eigenvalue weighted by atomic mass is 10.1. The Balaban J connectivity index is 1.33. The molecule has 0 saturated heterocycles. The fourth-order valence-electron chi connectivity index (χ4n) is 3.45. The minimum Gasteiger partial charge on any atom is -0.398 e. The lowest BCUT2D eigenvalue weighted by molar-refractivity contribution is -0.115. The highest BCUT2D eigenvalue weighted by atomic mass is 32.2. The molecule has 0 fully saturated rings. The third-order valence-corrected chi connectivity index (χ3v) is 6.19. The van der Waals surface area contributed by atoms with Gasteiger partial charge in [-0.2, -0.15) is 0 Å². The van der Waals surface area contributed by atoms with Gasteiger partial charge in [0.1, 0.15) is 0 Å². The van der Waals surface area contributed by atoms with Crippen molar-refractivity contribution in [2.45, 2.75) is 18.2 Å². The van der Waals surface area contributed by atoms with Gasteiger partial charge in [0.25, 0.3) is 5.91 Å². The number of nitrogens with two attached hydrogens (primary N) is 1. The van der Waals surface area contributed by atoms with Crippen molar-refractivity contribution < 1.29 is 9.59 Å². The molecule has 0 aromatic heterocycles. The second-order valence-corrected chi connectivity index (χ2v) is 8.88. The first-order valence-electron chi connectivity index (χ1n) is 11.1. The van der Waals surface area contributed by atoms with Crippen molar-refractivity contribution in [2.24, 2.45) is 0 Å². The van der Waals surface area contributed by atoms with Crippen molar-refractivity contribution in [1.29, 1.82) is 0 Å². The topological polar surface area (TPSA) is 96.2 Å². The van der Waals surface area contributed by atoms with Crippen LogP contribution in [0.2, 0.25) is 0 Å². The predicted octanol–water partition coefficient (Wildman–Crippen LogP) is 6.13. The number of rotatable bonds is 8. The van der Waals surface area contributed by atoms with Crippen molar-refractivity contribution in [1.82, 2.24) is 0 Å². The van der Waals surface area contributed by atoms with Crippen LogP contribution in [0.25, 0.3) is 0 Å². The summed E-state index contributed by atoms with van der Waals surface area (Å²) < 4.78 is 3.28. The van der Waals surface area contributed by atoms with Crippen LogP contribution >= 0.6 is 11.9 Å². The van der Waals surface area contributed by atoms with E-state index in [1.807, 2.05) is 79.7 Å². The van der Waals surface area contributed by atoms with Crippen LogP contribution in [0.5, 0.6) is 0 Å². The highest BCUT2D eigenvalue weighted by Gasteiger charge is 2.11. The Bertz CT molecular complexity index is 1320. The Morgan fingerprint density at radius 1 is 0.771 bits per heavy atom. The molecule has 2 amide bonds. The van der Waals surface area contributed by atoms with E-state index in [9.17, 15) is 9.59 Å². The summed E-state index contributed by atoms with van der Waals surface area (Å²) in [6, 6.07) is 30.0. The maximum Gasteiger partial charge on any atom is 0.255 e. The van der Waals surface area contributed by atoms with Gasteiger partial charge in [0.2, 0.25) is 5.91 Å². The number of hydrogen-bond acceptors (Lipinski definition) is 5. The Hall–Kier alpha value is -4.23. The molecule has 7 heteroatoms. The van der Waals surface area contributed by atoms with Crippen LogP contribution in [0.4, 0.5) is 22.7 Å². The number of nitrogens with one attached hydrogen (secondary N) is 3. The van der Waals surface area contributed by atoms with E-state index in [1.165, 1.54) is 11.9 Å². The molecular weight excluding hydrogens is 456 g/mol. The zero-order valence-corrected chi connectivity index (χ0v) is 20.1. The zero-order chi connectivity index (χ0) is 24.6. The quantitative estimate of drug-likeness (QED) is 0.179. The molecule has 0 aliphatic heterocycles. The van der Waals surface area contributed by atoms with E-state index in [4.69, 9.17) is 5.73 Å². The molecule has 0 aliphatic carbocycles. The molecule has 0 spiro atoms. The molecule has 4 aromatic carbocycles. The van der Waals surface area contributed by atoms with Crippen LogP contribution < -0.4 is 21.1 Å². The SMILES string of the molecule is Cc1cccc(CC(=O)Nc2cccc(C(=O)Nc3ccc(SNc4ccccc4)cc3)c2)c1N. The van der Waals surface area contributed by atoms with Crippen molar-refractivity contribution in [3.63, 3.8) is 0 Å². The normalized spacial score (nSPS) is 10.4. The maximum absolute atomic E-state index is 12.8. The van der Waals surface area contributed by atoms with E-state index in [0.29, 0.717) is 22.6 Å². The van der Waals surface area contributed by atoms with E-state index < -0.39 is 0 Å². The van der Waals surface area contributed by atoms with E-state index in [1.54, 1.807) is 24.3 Å². The largest absolute Gasteiger partial charge is 0.398 e. The van der Waals surface area contributed by atoms with Crippen LogP contribution in [0, 0.1) is 6.92 Å². The number of para-hydroxylation sites is 2. The molecule has 4 aromatic rings. The molecule has 0 unspecified atom stereocenters. The zero-order valence-electron chi connectivity index (χ0n) is 19.2. The first-order chi connectivity index (χ1) is 17.0. The Labute approximate surface area is 209 Å². The lowest BCUT2D eigenvalue weighted by Gasteiger charge is -2.11. The smallest absolute Gasteiger partial charge is 0.255 e. The fraction of sp³-hybridized carbons (Fsp3) is 0.0714. The molecule has 0 heterocycles. The van der Waals surface area contributed by atoms with E-state index in [2.05, 4.69) is 15.4 Å². The minimum atomic E-state index is -0.258. The van der Waals surface area contributed by atoms with Gasteiger partial charge in [0.15, 0.2) is 0 Å². The number of aryl methyl sites for hydroxylation is 1. The number of benzene rings is 4. The summed E-state index contributed by atoms with van der Waals surface area (Å²) in [4.78, 5) is 26.3. The molecule has 0 atom stereocenters. The number of carbonyl (C=O) groups is 2. The number of amides is 2. The summed E-state index contributed by atoms with van der Waals surface area (Å²) in [6.07, 6.45) is 0.160. The number of nitrogen functional groups attached to an aromatic ring is 1. The molecule has 4 rings (SSSR count). The molecular formula is C28H26N4O2S. The first-order valence-corrected chi connectivity index (χ1v) is 11.9. The molecule has 0 radical (unpaired) electrons. The number of anilines is 4. The number of carbonyl (C=O) groups excluding carboxylic acids is 2. The molecule has 5 N–H and O–H groups in total. The van der Waals surface area contributed by atoms with Crippen LogP contribution in [-0.2, 0) is 11.2 Å². The third kappa shape index (κ3) is 6.65. The van der Waals surface area contributed by atoms with E-state index in [-0.39, 0.29) is 18.2 Å². The average Bonchev–Trinajstić information content (AvgIpc) is 2.87.